The maximum Gasteiger partial charge on any atom is 0.270 e. The fraction of sp³-hybridized carbons (Fsp3) is 0.240. The number of nitro benzene ring substituents is 1. The monoisotopic (exact) mass is 533 g/mol. The zero-order valence-electron chi connectivity index (χ0n) is 19.7. The van der Waals surface area contributed by atoms with E-state index >= 15 is 0 Å². The average molecular weight is 533 g/mol. The number of aromatic nitrogens is 3. The van der Waals surface area contributed by atoms with Crippen LogP contribution in [0.3, 0.4) is 0 Å². The van der Waals surface area contributed by atoms with Gasteiger partial charge in [-0.15, -0.1) is 0 Å². The van der Waals surface area contributed by atoms with Crippen LogP contribution in [0.15, 0.2) is 36.5 Å². The molecule has 5 atom stereocenters. The third-order valence-corrected chi connectivity index (χ3v) is 7.54. The third-order valence-electron chi connectivity index (χ3n) is 7.54. The van der Waals surface area contributed by atoms with Gasteiger partial charge in [0, 0.05) is 45.4 Å². The SMILES string of the molecule is O=C1NC(=O)c2c1c1c3cc([N+](=O)[O-])ccc3[nH]c1c1c2c2cccnc2n1[C@@H]1O[C@H](CO)[C@@H](O)[C@H](O)[C@H]1O. The van der Waals surface area contributed by atoms with Gasteiger partial charge in [-0.1, -0.05) is 0 Å². The Labute approximate surface area is 216 Å². The standard InChI is InChI=1S/C25H19N5O9/c31-7-12-19(32)20(33)21(34)25(39-12)29-18-14(9-2-1-5-26-22(9)29)16-15(23(35)28-24(16)36)13-10-6-8(30(37)38)3-4-11(10)27-17(13)18/h1-6,12,19-21,25,27,31-34H,7H2,(H,28,35,36)/t12-,19-,20+,21-,25-/m1/s1. The number of H-pyrrole nitrogens is 1. The topological polar surface area (TPSA) is 213 Å². The Morgan fingerprint density at radius 2 is 1.77 bits per heavy atom. The van der Waals surface area contributed by atoms with E-state index < -0.39 is 54.0 Å². The average Bonchev–Trinajstić information content (AvgIpc) is 3.56. The van der Waals surface area contributed by atoms with Gasteiger partial charge >= 0.3 is 0 Å². The molecule has 6 N–H and O–H groups in total. The van der Waals surface area contributed by atoms with E-state index in [4.69, 9.17) is 4.74 Å². The van der Waals surface area contributed by atoms with Crippen LogP contribution >= 0.6 is 0 Å². The normalized spacial score (nSPS) is 25.2. The minimum atomic E-state index is -1.70. The minimum Gasteiger partial charge on any atom is -0.394 e. The number of imide groups is 1. The summed E-state index contributed by atoms with van der Waals surface area (Å²) >= 11 is 0. The van der Waals surface area contributed by atoms with Crippen LogP contribution in [0.5, 0.6) is 0 Å². The van der Waals surface area contributed by atoms with Crippen molar-refractivity contribution in [3.05, 3.63) is 57.8 Å². The predicted molar refractivity (Wildman–Crippen MR) is 134 cm³/mol. The van der Waals surface area contributed by atoms with Gasteiger partial charge in [-0.25, -0.2) is 4.98 Å². The highest BCUT2D eigenvalue weighted by molar-refractivity contribution is 6.39. The van der Waals surface area contributed by atoms with Crippen LogP contribution in [0, 0.1) is 10.1 Å². The smallest absolute Gasteiger partial charge is 0.270 e. The summed E-state index contributed by atoms with van der Waals surface area (Å²) in [4.78, 5) is 44.9. The first-order valence-corrected chi connectivity index (χ1v) is 11.9. The number of pyridine rings is 1. The third kappa shape index (κ3) is 2.99. The number of aliphatic hydroxyl groups excluding tert-OH is 4. The maximum atomic E-state index is 13.2. The van der Waals surface area contributed by atoms with Gasteiger partial charge in [0.05, 0.1) is 33.7 Å². The molecule has 0 unspecified atom stereocenters. The number of rotatable bonds is 3. The summed E-state index contributed by atoms with van der Waals surface area (Å²) in [5.41, 5.74) is 1.07. The summed E-state index contributed by atoms with van der Waals surface area (Å²) in [5, 5.41) is 56.9. The lowest BCUT2D eigenvalue weighted by Gasteiger charge is -2.40. The molecule has 2 aliphatic heterocycles. The highest BCUT2D eigenvalue weighted by atomic mass is 16.6. The van der Waals surface area contributed by atoms with Crippen LogP contribution < -0.4 is 5.32 Å². The number of ether oxygens (including phenoxy) is 1. The van der Waals surface area contributed by atoms with Gasteiger partial charge in [-0.3, -0.25) is 29.6 Å². The van der Waals surface area contributed by atoms with Gasteiger partial charge in [0.2, 0.25) is 0 Å². The van der Waals surface area contributed by atoms with E-state index in [9.17, 15) is 40.1 Å². The van der Waals surface area contributed by atoms with Crippen molar-refractivity contribution in [2.75, 3.05) is 6.61 Å². The van der Waals surface area contributed by atoms with Crippen LogP contribution in [-0.2, 0) is 4.74 Å². The van der Waals surface area contributed by atoms with Gasteiger partial charge in [-0.2, -0.15) is 0 Å². The van der Waals surface area contributed by atoms with Crippen molar-refractivity contribution >= 4 is 61.2 Å². The van der Waals surface area contributed by atoms with Gasteiger partial charge in [0.1, 0.15) is 30.1 Å². The molecule has 0 aliphatic carbocycles. The predicted octanol–water partition coefficient (Wildman–Crippen LogP) is 0.588. The highest BCUT2D eigenvalue weighted by Gasteiger charge is 2.46. The molecular formula is C25H19N5O9. The first-order valence-electron chi connectivity index (χ1n) is 11.9. The molecule has 0 radical (unpaired) electrons. The maximum absolute atomic E-state index is 13.2. The molecule has 2 amide bonds. The van der Waals surface area contributed by atoms with Gasteiger partial charge in [0.25, 0.3) is 17.5 Å². The van der Waals surface area contributed by atoms with Crippen molar-refractivity contribution < 1.29 is 39.7 Å². The zero-order valence-corrected chi connectivity index (χ0v) is 19.7. The number of hydrogen-bond acceptors (Lipinski definition) is 10. The summed E-state index contributed by atoms with van der Waals surface area (Å²) in [6.45, 7) is -0.663. The van der Waals surface area contributed by atoms with E-state index in [1.54, 1.807) is 12.1 Å². The number of aliphatic hydroxyl groups is 4. The fourth-order valence-corrected chi connectivity index (χ4v) is 5.84. The highest BCUT2D eigenvalue weighted by Crippen LogP contribution is 2.46. The number of benzene rings is 2. The number of carbonyl (C=O) groups excluding carboxylic acids is 2. The molecule has 1 saturated heterocycles. The first kappa shape index (κ1) is 23.6. The number of nitrogens with zero attached hydrogens (tertiary/aromatic N) is 3. The molecule has 0 spiro atoms. The van der Waals surface area contributed by atoms with E-state index in [-0.39, 0.29) is 33.4 Å². The van der Waals surface area contributed by atoms with Crippen LogP contribution in [-0.4, -0.2) is 82.7 Å². The minimum absolute atomic E-state index is 0.0243. The van der Waals surface area contributed by atoms with Crippen LogP contribution in [0.25, 0.3) is 43.7 Å². The van der Waals surface area contributed by atoms with E-state index in [1.807, 2.05) is 0 Å². The fourth-order valence-electron chi connectivity index (χ4n) is 5.84. The molecule has 0 saturated carbocycles. The molecular weight excluding hydrogens is 514 g/mol. The van der Waals surface area contributed by atoms with Gasteiger partial charge in [0.15, 0.2) is 6.23 Å². The summed E-state index contributed by atoms with van der Waals surface area (Å²) in [6, 6.07) is 7.38. The lowest BCUT2D eigenvalue weighted by atomic mass is 9.96. The molecule has 5 aromatic rings. The number of carbonyl (C=O) groups is 2. The van der Waals surface area contributed by atoms with Crippen LogP contribution in [0.4, 0.5) is 5.69 Å². The van der Waals surface area contributed by atoms with E-state index in [0.29, 0.717) is 27.2 Å². The Hall–Kier alpha value is -4.47. The Morgan fingerprint density at radius 1 is 1.03 bits per heavy atom. The molecule has 5 heterocycles. The molecule has 2 aromatic carbocycles. The second-order valence-corrected chi connectivity index (χ2v) is 9.58. The van der Waals surface area contributed by atoms with Crippen molar-refractivity contribution in [1.29, 1.82) is 0 Å². The number of nitro groups is 1. The number of hydrogen-bond donors (Lipinski definition) is 6. The van der Waals surface area contributed by atoms with Crippen molar-refractivity contribution in [3.8, 4) is 0 Å². The number of amides is 2. The van der Waals surface area contributed by atoms with E-state index in [0.717, 1.165) is 0 Å². The molecule has 14 nitrogen and oxygen atoms in total. The summed E-state index contributed by atoms with van der Waals surface area (Å²) in [5.74, 6) is -1.36. The molecule has 2 aliphatic rings. The van der Waals surface area contributed by atoms with Crippen molar-refractivity contribution in [1.82, 2.24) is 19.9 Å². The number of aromatic amines is 1. The Bertz CT molecular complexity index is 1910. The van der Waals surface area contributed by atoms with Crippen molar-refractivity contribution in [3.63, 3.8) is 0 Å². The second kappa shape index (κ2) is 8.02. The first-order chi connectivity index (χ1) is 18.7. The lowest BCUT2D eigenvalue weighted by Crippen LogP contribution is -2.56. The molecule has 39 heavy (non-hydrogen) atoms. The number of nitrogens with one attached hydrogen (secondary N) is 2. The largest absolute Gasteiger partial charge is 0.394 e. The molecule has 14 heteroatoms. The molecule has 1 fully saturated rings. The Balaban J connectivity index is 1.70. The number of non-ortho nitro benzene ring substituents is 1. The Morgan fingerprint density at radius 3 is 2.49 bits per heavy atom. The molecule has 198 valence electrons. The van der Waals surface area contributed by atoms with Gasteiger partial charge in [-0.05, 0) is 18.2 Å². The Kier molecular flexibility index (Phi) is 4.86. The summed E-state index contributed by atoms with van der Waals surface area (Å²) in [7, 11) is 0. The number of fused-ring (bicyclic) bond motifs is 10. The molecule has 3 aromatic heterocycles. The van der Waals surface area contributed by atoms with E-state index in [2.05, 4.69) is 15.3 Å². The summed E-state index contributed by atoms with van der Waals surface area (Å²) < 4.78 is 7.31. The molecule has 7 rings (SSSR count). The second-order valence-electron chi connectivity index (χ2n) is 9.58. The van der Waals surface area contributed by atoms with Crippen LogP contribution in [0.1, 0.15) is 26.9 Å². The van der Waals surface area contributed by atoms with Crippen LogP contribution in [0.2, 0.25) is 0 Å². The molecule has 0 bridgehead atoms. The summed E-state index contributed by atoms with van der Waals surface area (Å²) in [6.07, 6.45) is -6.14. The zero-order chi connectivity index (χ0) is 27.3. The van der Waals surface area contributed by atoms with E-state index in [1.165, 1.54) is 29.0 Å². The lowest BCUT2D eigenvalue weighted by molar-refractivity contribution is -0.384. The van der Waals surface area contributed by atoms with Crippen molar-refractivity contribution in [2.24, 2.45) is 0 Å². The van der Waals surface area contributed by atoms with Gasteiger partial charge < -0.3 is 30.1 Å². The quantitative estimate of drug-likeness (QED) is 0.108. The van der Waals surface area contributed by atoms with Crippen molar-refractivity contribution in [2.45, 2.75) is 30.6 Å².